The normalized spacial score (nSPS) is 19.4. The zero-order valence-electron chi connectivity index (χ0n) is 21.9. The molecule has 9 heteroatoms. The van der Waals surface area contributed by atoms with Gasteiger partial charge in [0.15, 0.2) is 5.82 Å². The molecular formula is C29H35N7O2. The van der Waals surface area contributed by atoms with Gasteiger partial charge in [0.2, 0.25) is 0 Å². The van der Waals surface area contributed by atoms with Gasteiger partial charge in [0.25, 0.3) is 5.56 Å². The summed E-state index contributed by atoms with van der Waals surface area (Å²) >= 11 is 0. The molecule has 1 saturated carbocycles. The number of hydrogen-bond acceptors (Lipinski definition) is 7. The minimum Gasteiger partial charge on any atom is -0.377 e. The van der Waals surface area contributed by atoms with Gasteiger partial charge in [0.05, 0.1) is 12.1 Å². The topological polar surface area (TPSA) is 102 Å². The van der Waals surface area contributed by atoms with Gasteiger partial charge in [0.1, 0.15) is 6.04 Å². The molecule has 9 nitrogen and oxygen atoms in total. The molecule has 1 aliphatic heterocycles. The number of nitrogens with zero attached hydrogens (tertiary/aromatic N) is 6. The zero-order chi connectivity index (χ0) is 25.9. The van der Waals surface area contributed by atoms with E-state index in [1.165, 1.54) is 19.3 Å². The predicted molar refractivity (Wildman–Crippen MR) is 145 cm³/mol. The molecule has 6 rings (SSSR count). The molecule has 4 aromatic rings. The van der Waals surface area contributed by atoms with Crippen molar-refractivity contribution in [3.05, 3.63) is 81.7 Å². The Hall–Kier alpha value is -3.43. The summed E-state index contributed by atoms with van der Waals surface area (Å²) in [4.78, 5) is 23.6. The number of aromatic amines is 1. The van der Waals surface area contributed by atoms with Crippen LogP contribution < -0.4 is 5.56 Å². The summed E-state index contributed by atoms with van der Waals surface area (Å²) < 4.78 is 8.08. The number of aryl methyl sites for hydroxylation is 1. The predicted octanol–water partition coefficient (Wildman–Crippen LogP) is 4.49. The third-order valence-electron chi connectivity index (χ3n) is 7.94. The summed E-state index contributed by atoms with van der Waals surface area (Å²) in [5.41, 5.74) is 3.54. The molecule has 2 aliphatic rings. The fourth-order valence-electron chi connectivity index (χ4n) is 6.04. The standard InChI is InChI=1S/C29H35N7O2/c1-20-11-12-22-16-25(29(37)31-26(22)15-20)27(28-32-33-34-36(28)23-8-3-2-4-9-23)35(19-24-10-6-14-38-24)18-21-7-5-13-30-17-21/h5,7,11-13,15-17,23-24,27H,2-4,6,8-10,14,18-19H2,1H3,(H,31,37)/t24-,27+/m0/s1. The van der Waals surface area contributed by atoms with Crippen LogP contribution in [0.15, 0.2) is 53.6 Å². The number of benzene rings is 1. The number of H-pyrrole nitrogens is 1. The highest BCUT2D eigenvalue weighted by Gasteiger charge is 2.34. The molecule has 4 heterocycles. The lowest BCUT2D eigenvalue weighted by Crippen LogP contribution is -2.39. The molecule has 2 fully saturated rings. The van der Waals surface area contributed by atoms with Crippen LogP contribution in [0, 0.1) is 6.92 Å². The number of hydrogen-bond donors (Lipinski definition) is 1. The summed E-state index contributed by atoms with van der Waals surface area (Å²) in [6, 6.07) is 12.0. The molecule has 0 unspecified atom stereocenters. The third kappa shape index (κ3) is 5.26. The molecular weight excluding hydrogens is 478 g/mol. The van der Waals surface area contributed by atoms with Crippen molar-refractivity contribution in [3.63, 3.8) is 0 Å². The van der Waals surface area contributed by atoms with Crippen molar-refractivity contribution in [2.75, 3.05) is 13.2 Å². The van der Waals surface area contributed by atoms with Gasteiger partial charge in [-0.15, -0.1) is 5.10 Å². The van der Waals surface area contributed by atoms with E-state index in [0.717, 1.165) is 60.1 Å². The van der Waals surface area contributed by atoms with Gasteiger partial charge in [0, 0.05) is 43.2 Å². The van der Waals surface area contributed by atoms with Crippen LogP contribution in [0.5, 0.6) is 0 Å². The Balaban J connectivity index is 1.50. The van der Waals surface area contributed by atoms with Crippen LogP contribution in [-0.4, -0.2) is 54.3 Å². The fourth-order valence-corrected chi connectivity index (χ4v) is 6.04. The molecule has 0 radical (unpaired) electrons. The van der Waals surface area contributed by atoms with Gasteiger partial charge in [-0.3, -0.25) is 14.7 Å². The van der Waals surface area contributed by atoms with Crippen molar-refractivity contribution in [3.8, 4) is 0 Å². The monoisotopic (exact) mass is 513 g/mol. The van der Waals surface area contributed by atoms with Gasteiger partial charge in [-0.05, 0) is 77.7 Å². The van der Waals surface area contributed by atoms with Crippen molar-refractivity contribution in [1.29, 1.82) is 0 Å². The van der Waals surface area contributed by atoms with Crippen molar-refractivity contribution in [2.24, 2.45) is 0 Å². The maximum Gasteiger partial charge on any atom is 0.253 e. The van der Waals surface area contributed by atoms with E-state index in [2.05, 4.69) is 48.6 Å². The third-order valence-corrected chi connectivity index (χ3v) is 7.94. The fraction of sp³-hybridized carbons (Fsp3) is 0.483. The maximum atomic E-state index is 13.8. The SMILES string of the molecule is Cc1ccc2cc([C@H](c3nnnn3C3CCCCC3)N(Cc3cccnc3)C[C@@H]3CCCO3)c(=O)[nH]c2c1. The van der Waals surface area contributed by atoms with E-state index in [4.69, 9.17) is 4.74 Å². The van der Waals surface area contributed by atoms with E-state index < -0.39 is 6.04 Å². The Morgan fingerprint density at radius 3 is 2.82 bits per heavy atom. The average molecular weight is 514 g/mol. The number of aromatic nitrogens is 6. The lowest BCUT2D eigenvalue weighted by molar-refractivity contribution is 0.0567. The Labute approximate surface area is 222 Å². The first-order valence-electron chi connectivity index (χ1n) is 13.8. The molecule has 0 bridgehead atoms. The zero-order valence-corrected chi connectivity index (χ0v) is 21.9. The van der Waals surface area contributed by atoms with Crippen molar-refractivity contribution in [1.82, 2.24) is 35.1 Å². The number of tetrazole rings is 1. The number of ether oxygens (including phenoxy) is 1. The highest BCUT2D eigenvalue weighted by molar-refractivity contribution is 5.79. The Morgan fingerprint density at radius 2 is 2.03 bits per heavy atom. The van der Waals surface area contributed by atoms with Crippen molar-refractivity contribution >= 4 is 10.9 Å². The molecule has 1 aromatic carbocycles. The quantitative estimate of drug-likeness (QED) is 0.370. The number of nitrogens with one attached hydrogen (secondary N) is 1. The molecule has 3 aromatic heterocycles. The van der Waals surface area contributed by atoms with E-state index in [1.54, 1.807) is 6.20 Å². The molecule has 0 spiro atoms. The smallest absolute Gasteiger partial charge is 0.253 e. The maximum absolute atomic E-state index is 13.8. The van der Waals surface area contributed by atoms with Crippen LogP contribution in [0.1, 0.15) is 79.5 Å². The van der Waals surface area contributed by atoms with Crippen LogP contribution in [0.25, 0.3) is 10.9 Å². The first kappa shape index (κ1) is 24.9. The van der Waals surface area contributed by atoms with E-state index in [0.29, 0.717) is 18.7 Å². The van der Waals surface area contributed by atoms with Crippen LogP contribution >= 0.6 is 0 Å². The molecule has 1 N–H and O–H groups in total. The lowest BCUT2D eigenvalue weighted by atomic mass is 9.95. The van der Waals surface area contributed by atoms with Crippen molar-refractivity contribution < 1.29 is 4.74 Å². The van der Waals surface area contributed by atoms with Crippen LogP contribution in [-0.2, 0) is 11.3 Å². The minimum atomic E-state index is -0.439. The van der Waals surface area contributed by atoms with Gasteiger partial charge in [-0.2, -0.15) is 0 Å². The second-order valence-corrected chi connectivity index (χ2v) is 10.7. The van der Waals surface area contributed by atoms with Gasteiger partial charge in [-0.25, -0.2) is 4.68 Å². The Kier molecular flexibility index (Phi) is 7.29. The van der Waals surface area contributed by atoms with Gasteiger partial charge >= 0.3 is 0 Å². The Morgan fingerprint density at radius 1 is 1.13 bits per heavy atom. The summed E-state index contributed by atoms with van der Waals surface area (Å²) in [6.07, 6.45) is 11.5. The average Bonchev–Trinajstić information content (AvgIpc) is 3.63. The molecule has 38 heavy (non-hydrogen) atoms. The van der Waals surface area contributed by atoms with Crippen molar-refractivity contribution in [2.45, 2.75) is 76.6 Å². The highest BCUT2D eigenvalue weighted by atomic mass is 16.5. The van der Waals surface area contributed by atoms with E-state index in [1.807, 2.05) is 36.0 Å². The number of fused-ring (bicyclic) bond motifs is 1. The second kappa shape index (κ2) is 11.1. The summed E-state index contributed by atoms with van der Waals surface area (Å²) in [6.45, 7) is 4.07. The van der Waals surface area contributed by atoms with Gasteiger partial charge in [-0.1, -0.05) is 37.5 Å². The minimum absolute atomic E-state index is 0.0929. The van der Waals surface area contributed by atoms with Crippen LogP contribution in [0.2, 0.25) is 0 Å². The largest absolute Gasteiger partial charge is 0.377 e. The van der Waals surface area contributed by atoms with Gasteiger partial charge < -0.3 is 9.72 Å². The molecule has 1 saturated heterocycles. The lowest BCUT2D eigenvalue weighted by Gasteiger charge is -2.34. The van der Waals surface area contributed by atoms with Crippen LogP contribution in [0.3, 0.4) is 0 Å². The molecule has 1 aliphatic carbocycles. The first-order chi connectivity index (χ1) is 18.7. The second-order valence-electron chi connectivity index (χ2n) is 10.7. The molecule has 0 amide bonds. The van der Waals surface area contributed by atoms with E-state index in [9.17, 15) is 4.79 Å². The Bertz CT molecular complexity index is 1420. The van der Waals surface area contributed by atoms with E-state index >= 15 is 0 Å². The molecule has 198 valence electrons. The van der Waals surface area contributed by atoms with Crippen LogP contribution in [0.4, 0.5) is 0 Å². The summed E-state index contributed by atoms with van der Waals surface area (Å²) in [7, 11) is 0. The number of pyridine rings is 2. The number of rotatable bonds is 8. The highest BCUT2D eigenvalue weighted by Crippen LogP contribution is 2.34. The molecule has 2 atom stereocenters. The summed E-state index contributed by atoms with van der Waals surface area (Å²) in [5.74, 6) is 0.718. The van der Waals surface area contributed by atoms with E-state index in [-0.39, 0.29) is 17.7 Å². The summed E-state index contributed by atoms with van der Waals surface area (Å²) in [5, 5.41) is 14.2. The first-order valence-corrected chi connectivity index (χ1v) is 13.8.